The highest BCUT2D eigenvalue weighted by atomic mass is 32.2. The molecule has 0 saturated carbocycles. The molecule has 0 bridgehead atoms. The smallest absolute Gasteiger partial charge is 0.262 e. The number of hydrogen-bond donors (Lipinski definition) is 1. The summed E-state index contributed by atoms with van der Waals surface area (Å²) in [5.74, 6) is 0.663. The van der Waals surface area contributed by atoms with Gasteiger partial charge in [-0.3, -0.25) is 9.78 Å². The van der Waals surface area contributed by atoms with E-state index in [4.69, 9.17) is 9.47 Å². The molecule has 0 radical (unpaired) electrons. The van der Waals surface area contributed by atoms with Crippen LogP contribution in [0.25, 0.3) is 11.3 Å². The van der Waals surface area contributed by atoms with E-state index in [-0.39, 0.29) is 19.1 Å². The number of carbonyl (C=O) groups is 1. The first-order valence-corrected chi connectivity index (χ1v) is 17.4. The minimum absolute atomic E-state index is 0.0869. The number of aryl methyl sites for hydroxylation is 2. The fraction of sp³-hybridized carbons (Fsp3) is 0.211. The first kappa shape index (κ1) is 32.0. The van der Waals surface area contributed by atoms with Gasteiger partial charge in [0.05, 0.1) is 23.6 Å². The predicted octanol–water partition coefficient (Wildman–Crippen LogP) is 6.73. The number of ether oxygens (including phenoxy) is 2. The molecule has 1 aliphatic rings. The summed E-state index contributed by atoms with van der Waals surface area (Å²) >= 11 is 0. The summed E-state index contributed by atoms with van der Waals surface area (Å²) in [4.78, 5) is 20.9. The third-order valence-electron chi connectivity index (χ3n) is 8.20. The van der Waals surface area contributed by atoms with E-state index >= 15 is 0 Å². The summed E-state index contributed by atoms with van der Waals surface area (Å²) in [6, 6.07) is 34.4. The van der Waals surface area contributed by atoms with Crippen molar-refractivity contribution in [2.24, 2.45) is 0 Å². The number of hydrogen-bond acceptors (Lipinski definition) is 6. The average molecular weight is 648 g/mol. The maximum absolute atomic E-state index is 14.6. The van der Waals surface area contributed by atoms with Crippen molar-refractivity contribution in [3.8, 4) is 22.8 Å². The number of rotatable bonds is 11. The number of carbonyl (C=O) groups excluding carboxylic acids is 1. The summed E-state index contributed by atoms with van der Waals surface area (Å²) in [5.41, 5.74) is 6.97. The number of amides is 1. The molecule has 4 aromatic carbocycles. The summed E-state index contributed by atoms with van der Waals surface area (Å²) < 4.78 is 39.3. The number of nitrogens with zero attached hydrogens (tertiary/aromatic N) is 2. The Labute approximate surface area is 276 Å². The molecular weight excluding hydrogens is 611 g/mol. The van der Waals surface area contributed by atoms with Gasteiger partial charge < -0.3 is 14.4 Å². The zero-order valence-electron chi connectivity index (χ0n) is 26.4. The lowest BCUT2D eigenvalue weighted by Crippen LogP contribution is -2.49. The van der Waals surface area contributed by atoms with E-state index in [2.05, 4.69) is 15.8 Å². The Bertz CT molecular complexity index is 1970. The van der Waals surface area contributed by atoms with Crippen LogP contribution >= 0.6 is 0 Å². The lowest BCUT2D eigenvalue weighted by molar-refractivity contribution is 0.0968. The van der Waals surface area contributed by atoms with Crippen molar-refractivity contribution in [1.82, 2.24) is 9.71 Å². The van der Waals surface area contributed by atoms with E-state index < -0.39 is 16.1 Å². The number of aromatic nitrogens is 1. The molecule has 2 heterocycles. The van der Waals surface area contributed by atoms with Crippen molar-refractivity contribution in [2.75, 3.05) is 17.7 Å². The normalized spacial score (nSPS) is 14.3. The molecule has 6 rings (SSSR count). The zero-order chi connectivity index (χ0) is 32.8. The molecule has 240 valence electrons. The molecule has 0 saturated heterocycles. The number of anilines is 1. The molecule has 0 aliphatic carbocycles. The van der Waals surface area contributed by atoms with Crippen molar-refractivity contribution in [3.63, 3.8) is 0 Å². The summed E-state index contributed by atoms with van der Waals surface area (Å²) in [7, 11) is -3.48. The first-order valence-electron chi connectivity index (χ1n) is 15.6. The minimum atomic E-state index is -3.48. The first-order chi connectivity index (χ1) is 22.7. The van der Waals surface area contributed by atoms with E-state index in [0.29, 0.717) is 36.5 Å². The molecule has 1 unspecified atom stereocenters. The van der Waals surface area contributed by atoms with Gasteiger partial charge in [0.1, 0.15) is 24.7 Å². The Morgan fingerprint density at radius 3 is 2.26 bits per heavy atom. The maximum Gasteiger partial charge on any atom is 0.262 e. The average Bonchev–Trinajstić information content (AvgIpc) is 3.09. The SMILES string of the molecule is Cc1cccnc1-c1ccc2c(c1)CCC(CNS(C)(=O)=O)N2C(=O)c1ccc(OCc2ccccc2)cc1OCc1ccccc1. The largest absolute Gasteiger partial charge is 0.489 e. The van der Waals surface area contributed by atoms with Gasteiger partial charge >= 0.3 is 0 Å². The Morgan fingerprint density at radius 1 is 0.872 bits per heavy atom. The molecule has 1 atom stereocenters. The second-order valence-corrected chi connectivity index (χ2v) is 13.5. The molecule has 8 nitrogen and oxygen atoms in total. The minimum Gasteiger partial charge on any atom is -0.489 e. The van der Waals surface area contributed by atoms with Gasteiger partial charge in [0.2, 0.25) is 10.0 Å². The fourth-order valence-electron chi connectivity index (χ4n) is 5.81. The van der Waals surface area contributed by atoms with Crippen molar-refractivity contribution in [3.05, 3.63) is 143 Å². The van der Waals surface area contributed by atoms with Crippen LogP contribution in [0, 0.1) is 6.92 Å². The van der Waals surface area contributed by atoms with Gasteiger partial charge in [0, 0.05) is 30.1 Å². The van der Waals surface area contributed by atoms with Crippen LogP contribution in [0.15, 0.2) is 115 Å². The van der Waals surface area contributed by atoms with Gasteiger partial charge in [-0.15, -0.1) is 0 Å². The van der Waals surface area contributed by atoms with Crippen molar-refractivity contribution in [2.45, 2.75) is 39.0 Å². The van der Waals surface area contributed by atoms with Crippen LogP contribution in [-0.4, -0.2) is 38.2 Å². The maximum atomic E-state index is 14.6. The molecule has 1 N–H and O–H groups in total. The van der Waals surface area contributed by atoms with E-state index in [0.717, 1.165) is 45.5 Å². The lowest BCUT2D eigenvalue weighted by Gasteiger charge is -2.38. The van der Waals surface area contributed by atoms with E-state index in [1.807, 2.05) is 91.9 Å². The standard InChI is InChI=1S/C38H37N3O5S/c1-27-10-9-21-39-37(27)31-16-20-35-30(22-31)15-17-32(24-40-47(2,43)44)41(35)38(42)34-19-18-33(45-25-28-11-5-3-6-12-28)23-36(34)46-26-29-13-7-4-8-14-29/h3-14,16,18-23,32,40H,15,17,24-26H2,1-2H3. The quantitative estimate of drug-likeness (QED) is 0.171. The van der Waals surface area contributed by atoms with Crippen LogP contribution in [0.3, 0.4) is 0 Å². The van der Waals surface area contributed by atoms with Crippen LogP contribution < -0.4 is 19.1 Å². The van der Waals surface area contributed by atoms with Crippen LogP contribution in [-0.2, 0) is 29.7 Å². The van der Waals surface area contributed by atoms with Gasteiger partial charge in [-0.25, -0.2) is 13.1 Å². The monoisotopic (exact) mass is 647 g/mol. The Kier molecular flexibility index (Phi) is 9.65. The molecule has 1 aromatic heterocycles. The zero-order valence-corrected chi connectivity index (χ0v) is 27.2. The number of pyridine rings is 1. The van der Waals surface area contributed by atoms with E-state index in [1.54, 1.807) is 29.3 Å². The van der Waals surface area contributed by atoms with Crippen LogP contribution in [0.2, 0.25) is 0 Å². The lowest BCUT2D eigenvalue weighted by atomic mass is 9.92. The highest BCUT2D eigenvalue weighted by molar-refractivity contribution is 7.88. The van der Waals surface area contributed by atoms with Crippen LogP contribution in [0.4, 0.5) is 5.69 Å². The van der Waals surface area contributed by atoms with Crippen molar-refractivity contribution >= 4 is 21.6 Å². The van der Waals surface area contributed by atoms with E-state index in [1.165, 1.54) is 0 Å². The molecule has 0 spiro atoms. The van der Waals surface area contributed by atoms with Crippen molar-refractivity contribution in [1.29, 1.82) is 0 Å². The Morgan fingerprint density at radius 2 is 1.57 bits per heavy atom. The van der Waals surface area contributed by atoms with Gasteiger partial charge in [0.25, 0.3) is 5.91 Å². The second kappa shape index (κ2) is 14.2. The number of nitrogens with one attached hydrogen (secondary N) is 1. The molecule has 9 heteroatoms. The third-order valence-corrected chi connectivity index (χ3v) is 8.89. The van der Waals surface area contributed by atoms with Gasteiger partial charge in [-0.1, -0.05) is 72.8 Å². The van der Waals surface area contributed by atoms with Gasteiger partial charge in [-0.2, -0.15) is 0 Å². The summed E-state index contributed by atoms with van der Waals surface area (Å²) in [6.07, 6.45) is 4.15. The van der Waals surface area contributed by atoms with Crippen LogP contribution in [0.5, 0.6) is 11.5 Å². The molecule has 0 fully saturated rings. The molecule has 5 aromatic rings. The summed E-state index contributed by atoms with van der Waals surface area (Å²) in [5, 5.41) is 0. The highest BCUT2D eigenvalue weighted by Gasteiger charge is 2.34. The second-order valence-electron chi connectivity index (χ2n) is 11.7. The Hall–Kier alpha value is -4.99. The number of fused-ring (bicyclic) bond motifs is 1. The van der Waals surface area contributed by atoms with Gasteiger partial charge in [0.15, 0.2) is 0 Å². The number of benzene rings is 4. The van der Waals surface area contributed by atoms with Crippen LogP contribution in [0.1, 0.15) is 39.0 Å². The Balaban J connectivity index is 1.36. The molecule has 1 amide bonds. The topological polar surface area (TPSA) is 97.8 Å². The van der Waals surface area contributed by atoms with E-state index in [9.17, 15) is 13.2 Å². The highest BCUT2D eigenvalue weighted by Crippen LogP contribution is 2.37. The fourth-order valence-corrected chi connectivity index (χ4v) is 6.31. The summed E-state index contributed by atoms with van der Waals surface area (Å²) in [6.45, 7) is 2.73. The number of sulfonamides is 1. The van der Waals surface area contributed by atoms with Gasteiger partial charge in [-0.05, 0) is 72.4 Å². The molecule has 1 aliphatic heterocycles. The molecular formula is C38H37N3O5S. The third kappa shape index (κ3) is 7.88. The molecule has 47 heavy (non-hydrogen) atoms. The van der Waals surface area contributed by atoms with Crippen molar-refractivity contribution < 1.29 is 22.7 Å². The predicted molar refractivity (Wildman–Crippen MR) is 184 cm³/mol.